The molecular formula is C16H27ClN2. The molecule has 3 N–H and O–H groups in total. The van der Waals surface area contributed by atoms with Crippen LogP contribution in [0.2, 0.25) is 5.02 Å². The standard InChI is InChI=1S/C16H27ClN2/c1-11(2)15(12(3)4)10-19-16(9-18)13-6-5-7-14(17)8-13/h5-8,11-12,15-16,19H,9-10,18H2,1-4H3. The second kappa shape index (κ2) is 7.88. The van der Waals surface area contributed by atoms with Crippen LogP contribution in [0.3, 0.4) is 0 Å². The Morgan fingerprint density at radius 1 is 1.16 bits per heavy atom. The summed E-state index contributed by atoms with van der Waals surface area (Å²) in [6.07, 6.45) is 0. The molecule has 19 heavy (non-hydrogen) atoms. The van der Waals surface area contributed by atoms with Gasteiger partial charge in [0.25, 0.3) is 0 Å². The van der Waals surface area contributed by atoms with Gasteiger partial charge in [-0.05, 0) is 42.0 Å². The third-order valence-corrected chi connectivity index (χ3v) is 4.03. The molecule has 0 radical (unpaired) electrons. The molecule has 0 aliphatic carbocycles. The topological polar surface area (TPSA) is 38.0 Å². The van der Waals surface area contributed by atoms with Crippen LogP contribution in [0.25, 0.3) is 0 Å². The highest BCUT2D eigenvalue weighted by Gasteiger charge is 2.19. The highest BCUT2D eigenvalue weighted by molar-refractivity contribution is 6.30. The fourth-order valence-electron chi connectivity index (χ4n) is 2.58. The molecule has 0 fully saturated rings. The number of hydrogen-bond acceptors (Lipinski definition) is 2. The summed E-state index contributed by atoms with van der Waals surface area (Å²) in [5.74, 6) is 2.00. The lowest BCUT2D eigenvalue weighted by molar-refractivity contribution is 0.266. The third kappa shape index (κ3) is 5.13. The first kappa shape index (κ1) is 16.5. The zero-order chi connectivity index (χ0) is 14.4. The highest BCUT2D eigenvalue weighted by atomic mass is 35.5. The summed E-state index contributed by atoms with van der Waals surface area (Å²) in [4.78, 5) is 0. The van der Waals surface area contributed by atoms with Crippen LogP contribution in [-0.2, 0) is 0 Å². The molecule has 0 heterocycles. The summed E-state index contributed by atoms with van der Waals surface area (Å²) >= 11 is 6.04. The van der Waals surface area contributed by atoms with Gasteiger partial charge in [0.15, 0.2) is 0 Å². The van der Waals surface area contributed by atoms with E-state index < -0.39 is 0 Å². The zero-order valence-corrected chi connectivity index (χ0v) is 13.2. The summed E-state index contributed by atoms with van der Waals surface area (Å²) in [7, 11) is 0. The summed E-state index contributed by atoms with van der Waals surface area (Å²) in [6, 6.07) is 8.12. The second-order valence-electron chi connectivity index (χ2n) is 5.90. The van der Waals surface area contributed by atoms with Gasteiger partial charge in [0, 0.05) is 17.6 Å². The van der Waals surface area contributed by atoms with Crippen LogP contribution in [0.5, 0.6) is 0 Å². The minimum absolute atomic E-state index is 0.179. The average Bonchev–Trinajstić information content (AvgIpc) is 2.33. The normalized spacial score (nSPS) is 13.5. The van der Waals surface area contributed by atoms with Gasteiger partial charge in [0.05, 0.1) is 0 Å². The molecule has 0 aliphatic rings. The molecule has 2 nitrogen and oxygen atoms in total. The Bertz CT molecular complexity index is 369. The molecule has 1 unspecified atom stereocenters. The molecular weight excluding hydrogens is 256 g/mol. The van der Waals surface area contributed by atoms with E-state index in [0.717, 1.165) is 11.6 Å². The quantitative estimate of drug-likeness (QED) is 0.797. The van der Waals surface area contributed by atoms with Gasteiger partial charge in [-0.15, -0.1) is 0 Å². The summed E-state index contributed by atoms with van der Waals surface area (Å²) in [5.41, 5.74) is 7.06. The number of rotatable bonds is 7. The molecule has 0 bridgehead atoms. The molecule has 0 aromatic heterocycles. The summed E-state index contributed by atoms with van der Waals surface area (Å²) in [5, 5.41) is 4.36. The van der Waals surface area contributed by atoms with E-state index in [4.69, 9.17) is 17.3 Å². The van der Waals surface area contributed by atoms with E-state index in [0.29, 0.717) is 24.3 Å². The number of nitrogens with one attached hydrogen (secondary N) is 1. The Kier molecular flexibility index (Phi) is 6.84. The minimum atomic E-state index is 0.179. The predicted octanol–water partition coefficient (Wildman–Crippen LogP) is 3.86. The van der Waals surface area contributed by atoms with E-state index >= 15 is 0 Å². The maximum atomic E-state index is 6.04. The molecule has 0 saturated carbocycles. The van der Waals surface area contributed by atoms with Crippen molar-refractivity contribution in [2.45, 2.75) is 33.7 Å². The van der Waals surface area contributed by atoms with Crippen molar-refractivity contribution in [2.24, 2.45) is 23.5 Å². The molecule has 0 spiro atoms. The van der Waals surface area contributed by atoms with Gasteiger partial charge in [0.1, 0.15) is 0 Å². The summed E-state index contributed by atoms with van der Waals surface area (Å²) < 4.78 is 0. The first-order valence-electron chi connectivity index (χ1n) is 7.14. The lowest BCUT2D eigenvalue weighted by Crippen LogP contribution is -2.35. The first-order valence-corrected chi connectivity index (χ1v) is 7.52. The Labute approximate surface area is 122 Å². The number of hydrogen-bond donors (Lipinski definition) is 2. The van der Waals surface area contributed by atoms with Crippen molar-refractivity contribution in [1.29, 1.82) is 0 Å². The molecule has 1 rings (SSSR count). The van der Waals surface area contributed by atoms with Gasteiger partial charge >= 0.3 is 0 Å². The molecule has 108 valence electrons. The lowest BCUT2D eigenvalue weighted by atomic mass is 9.85. The predicted molar refractivity (Wildman–Crippen MR) is 84.4 cm³/mol. The van der Waals surface area contributed by atoms with E-state index in [1.165, 1.54) is 5.56 Å². The second-order valence-corrected chi connectivity index (χ2v) is 6.34. The Hall–Kier alpha value is -0.570. The largest absolute Gasteiger partial charge is 0.329 e. The molecule has 0 saturated heterocycles. The fourth-order valence-corrected chi connectivity index (χ4v) is 2.78. The molecule has 1 aromatic rings. The van der Waals surface area contributed by atoms with Crippen LogP contribution in [-0.4, -0.2) is 13.1 Å². The van der Waals surface area contributed by atoms with Crippen molar-refractivity contribution in [3.63, 3.8) is 0 Å². The van der Waals surface area contributed by atoms with Gasteiger partial charge in [0.2, 0.25) is 0 Å². The minimum Gasteiger partial charge on any atom is -0.329 e. The van der Waals surface area contributed by atoms with Gasteiger partial charge in [-0.25, -0.2) is 0 Å². The monoisotopic (exact) mass is 282 g/mol. The SMILES string of the molecule is CC(C)C(CNC(CN)c1cccc(Cl)c1)C(C)C. The number of halogens is 1. The van der Waals surface area contributed by atoms with Crippen molar-refractivity contribution < 1.29 is 0 Å². The van der Waals surface area contributed by atoms with E-state index in [9.17, 15) is 0 Å². The third-order valence-electron chi connectivity index (χ3n) is 3.80. The van der Waals surface area contributed by atoms with Crippen molar-refractivity contribution in [3.8, 4) is 0 Å². The van der Waals surface area contributed by atoms with E-state index in [1.54, 1.807) is 0 Å². The van der Waals surface area contributed by atoms with Crippen LogP contribution >= 0.6 is 11.6 Å². The maximum absolute atomic E-state index is 6.04. The fraction of sp³-hybridized carbons (Fsp3) is 0.625. The molecule has 1 atom stereocenters. The Morgan fingerprint density at radius 2 is 1.79 bits per heavy atom. The van der Waals surface area contributed by atoms with Gasteiger partial charge in [-0.1, -0.05) is 51.4 Å². The van der Waals surface area contributed by atoms with E-state index in [-0.39, 0.29) is 6.04 Å². The van der Waals surface area contributed by atoms with Gasteiger partial charge in [-0.2, -0.15) is 0 Å². The molecule has 3 heteroatoms. The van der Waals surface area contributed by atoms with E-state index in [1.807, 2.05) is 18.2 Å². The first-order chi connectivity index (χ1) is 8.95. The molecule has 0 aliphatic heterocycles. The van der Waals surface area contributed by atoms with E-state index in [2.05, 4.69) is 39.1 Å². The molecule has 0 amide bonds. The van der Waals surface area contributed by atoms with Crippen LogP contribution < -0.4 is 11.1 Å². The van der Waals surface area contributed by atoms with Crippen LogP contribution in [0.1, 0.15) is 39.3 Å². The van der Waals surface area contributed by atoms with Crippen molar-refractivity contribution in [3.05, 3.63) is 34.9 Å². The van der Waals surface area contributed by atoms with Gasteiger partial charge in [-0.3, -0.25) is 0 Å². The smallest absolute Gasteiger partial charge is 0.0445 e. The number of benzene rings is 1. The number of nitrogens with two attached hydrogens (primary N) is 1. The van der Waals surface area contributed by atoms with Crippen molar-refractivity contribution in [1.82, 2.24) is 5.32 Å². The Morgan fingerprint density at radius 3 is 2.26 bits per heavy atom. The van der Waals surface area contributed by atoms with Crippen LogP contribution in [0, 0.1) is 17.8 Å². The van der Waals surface area contributed by atoms with Crippen LogP contribution in [0.15, 0.2) is 24.3 Å². The zero-order valence-electron chi connectivity index (χ0n) is 12.5. The van der Waals surface area contributed by atoms with Crippen LogP contribution in [0.4, 0.5) is 0 Å². The molecule has 1 aromatic carbocycles. The maximum Gasteiger partial charge on any atom is 0.0445 e. The Balaban J connectivity index is 2.67. The van der Waals surface area contributed by atoms with Crippen molar-refractivity contribution >= 4 is 11.6 Å². The lowest BCUT2D eigenvalue weighted by Gasteiger charge is -2.28. The summed E-state index contributed by atoms with van der Waals surface area (Å²) in [6.45, 7) is 10.7. The average molecular weight is 283 g/mol. The van der Waals surface area contributed by atoms with Gasteiger partial charge < -0.3 is 11.1 Å². The van der Waals surface area contributed by atoms with Crippen molar-refractivity contribution in [2.75, 3.05) is 13.1 Å². The highest BCUT2D eigenvalue weighted by Crippen LogP contribution is 2.22.